The zero-order valence-corrected chi connectivity index (χ0v) is 24.7. The molecule has 167 valence electrons. The smallest absolute Gasteiger partial charge is 0.357 e. The molecular weight excluding hydrogens is 445 g/mol. The summed E-state index contributed by atoms with van der Waals surface area (Å²) in [7, 11) is -10.8. The van der Waals surface area contributed by atoms with Crippen molar-refractivity contribution in [2.75, 3.05) is 13.2 Å². The Morgan fingerprint density at radius 3 is 1.50 bits per heavy atom. The van der Waals surface area contributed by atoms with E-state index < -0.39 is 48.3 Å². The molecule has 0 amide bonds. The van der Waals surface area contributed by atoms with Gasteiger partial charge in [0.05, 0.1) is 13.0 Å². The van der Waals surface area contributed by atoms with Crippen LogP contribution in [-0.2, 0) is 31.1 Å². The van der Waals surface area contributed by atoms with Crippen molar-refractivity contribution in [3.05, 3.63) is 0 Å². The SMILES string of the molecule is C[Si](C)(C)O[Si](C)(C)O[Si](C)(C)O[Si](C)(C)O[Si](C)(C)CCOCCC([O])=O. The van der Waals surface area contributed by atoms with Crippen LogP contribution in [0.15, 0.2) is 0 Å². The van der Waals surface area contributed by atoms with Gasteiger partial charge < -0.3 is 21.2 Å². The van der Waals surface area contributed by atoms with Gasteiger partial charge in [-0.1, -0.05) is 0 Å². The molecule has 0 unspecified atom stereocenters. The molecule has 0 aliphatic rings. The van der Waals surface area contributed by atoms with Crippen molar-refractivity contribution >= 4 is 48.3 Å². The fourth-order valence-electron chi connectivity index (χ4n) is 3.28. The van der Waals surface area contributed by atoms with Gasteiger partial charge in [-0.2, -0.15) is 0 Å². The van der Waals surface area contributed by atoms with Gasteiger partial charge in [-0.3, -0.25) is 0 Å². The number of carbonyl (C=O) groups is 1. The Hall–Kier alpha value is 0.354. The van der Waals surface area contributed by atoms with E-state index in [0.29, 0.717) is 6.61 Å². The molecule has 0 aromatic rings. The number of ether oxygens (including phenoxy) is 1. The Labute approximate surface area is 177 Å². The monoisotopic (exact) mass is 485 g/mol. The van der Waals surface area contributed by atoms with Gasteiger partial charge in [0.15, 0.2) is 16.6 Å². The minimum absolute atomic E-state index is 0.0809. The van der Waals surface area contributed by atoms with Crippen LogP contribution in [0.25, 0.3) is 0 Å². The standard InChI is InChI=1S/C16H41O7Si5/c1-24(2,3)20-26(6,7)22-28(10,11)23-27(8,9)21-25(4,5)15-14-19-13-12-16(17)18/h12-15H2,1-11H3. The van der Waals surface area contributed by atoms with Crippen LogP contribution in [-0.4, -0.2) is 61.5 Å². The van der Waals surface area contributed by atoms with Crippen LogP contribution in [0.4, 0.5) is 0 Å². The highest BCUT2D eigenvalue weighted by Gasteiger charge is 2.45. The van der Waals surface area contributed by atoms with Gasteiger partial charge in [-0.05, 0) is 78.1 Å². The van der Waals surface area contributed by atoms with E-state index in [0.717, 1.165) is 6.04 Å². The van der Waals surface area contributed by atoms with Gasteiger partial charge >= 0.3 is 31.7 Å². The van der Waals surface area contributed by atoms with Gasteiger partial charge in [0.25, 0.3) is 0 Å². The summed E-state index contributed by atoms with van der Waals surface area (Å²) in [4.78, 5) is 10.4. The van der Waals surface area contributed by atoms with Crippen LogP contribution in [0, 0.1) is 0 Å². The summed E-state index contributed by atoms with van der Waals surface area (Å²) in [5.41, 5.74) is 0. The lowest BCUT2D eigenvalue weighted by atomic mass is 10.5. The van der Waals surface area contributed by atoms with E-state index in [1.807, 2.05) is 0 Å². The fourth-order valence-corrected chi connectivity index (χ4v) is 26.6. The maximum atomic E-state index is 10.4. The zero-order valence-electron chi connectivity index (χ0n) is 19.7. The Kier molecular flexibility index (Phi) is 10.7. The van der Waals surface area contributed by atoms with Gasteiger partial charge in [0.2, 0.25) is 0 Å². The van der Waals surface area contributed by atoms with E-state index >= 15 is 0 Å². The number of hydrogen-bond donors (Lipinski definition) is 0. The Morgan fingerprint density at radius 2 is 1.07 bits per heavy atom. The Bertz CT molecular complexity index is 504. The summed E-state index contributed by atoms with van der Waals surface area (Å²) in [5.74, 6) is -1.09. The van der Waals surface area contributed by atoms with Crippen LogP contribution in [0.2, 0.25) is 78.1 Å². The third-order valence-corrected chi connectivity index (χ3v) is 21.2. The van der Waals surface area contributed by atoms with Gasteiger partial charge in [0, 0.05) is 6.61 Å². The van der Waals surface area contributed by atoms with Crippen molar-refractivity contribution in [2.24, 2.45) is 0 Å². The molecule has 0 fully saturated rings. The summed E-state index contributed by atoms with van der Waals surface area (Å²) in [6, 6.07) is 0.779. The second-order valence-electron chi connectivity index (χ2n) is 9.96. The Morgan fingerprint density at radius 1 is 0.643 bits per heavy atom. The highest BCUT2D eigenvalue weighted by atomic mass is 28.5. The van der Waals surface area contributed by atoms with Crippen molar-refractivity contribution in [3.8, 4) is 0 Å². The summed E-state index contributed by atoms with van der Waals surface area (Å²) in [6.07, 6.45) is -0.0809. The van der Waals surface area contributed by atoms with E-state index in [9.17, 15) is 9.90 Å². The molecule has 0 aliphatic heterocycles. The van der Waals surface area contributed by atoms with E-state index in [2.05, 4.69) is 72.0 Å². The highest BCUT2D eigenvalue weighted by Crippen LogP contribution is 2.26. The topological polar surface area (TPSA) is 83.1 Å². The molecule has 28 heavy (non-hydrogen) atoms. The van der Waals surface area contributed by atoms with Crippen LogP contribution < -0.4 is 0 Å². The first-order valence-corrected chi connectivity index (χ1v) is 24.8. The Balaban J connectivity index is 4.71. The number of carbonyl (C=O) groups excluding carboxylic acids is 1. The molecule has 0 saturated heterocycles. The molecule has 0 saturated carbocycles. The summed E-state index contributed by atoms with van der Waals surface area (Å²) in [6.45, 7) is 23.9. The van der Waals surface area contributed by atoms with Crippen LogP contribution in [0.3, 0.4) is 0 Å². The molecule has 0 rings (SSSR count). The molecular formula is C16H41O7Si5. The predicted molar refractivity (Wildman–Crippen MR) is 124 cm³/mol. The summed E-state index contributed by atoms with van der Waals surface area (Å²) in [5, 5.41) is 10.4. The summed E-state index contributed by atoms with van der Waals surface area (Å²) >= 11 is 0. The third kappa shape index (κ3) is 15.2. The average molecular weight is 486 g/mol. The lowest BCUT2D eigenvalue weighted by Gasteiger charge is -2.42. The molecule has 0 aromatic carbocycles. The van der Waals surface area contributed by atoms with Gasteiger partial charge in [-0.15, -0.1) is 0 Å². The van der Waals surface area contributed by atoms with Crippen LogP contribution in [0.5, 0.6) is 0 Å². The lowest BCUT2D eigenvalue weighted by molar-refractivity contribution is -0.144. The van der Waals surface area contributed by atoms with Crippen molar-refractivity contribution in [2.45, 2.75) is 84.5 Å². The quantitative estimate of drug-likeness (QED) is 0.265. The molecule has 0 N–H and O–H groups in total. The fraction of sp³-hybridized carbons (Fsp3) is 0.938. The number of hydrogen-bond acceptors (Lipinski definition) is 6. The van der Waals surface area contributed by atoms with Crippen LogP contribution >= 0.6 is 0 Å². The average Bonchev–Trinajstić information content (AvgIpc) is 2.28. The molecule has 0 heterocycles. The molecule has 1 radical (unpaired) electrons. The van der Waals surface area contributed by atoms with Crippen molar-refractivity contribution in [1.82, 2.24) is 0 Å². The molecule has 7 nitrogen and oxygen atoms in total. The molecule has 0 bridgehead atoms. The van der Waals surface area contributed by atoms with Crippen molar-refractivity contribution in [1.29, 1.82) is 0 Å². The molecule has 0 atom stereocenters. The highest BCUT2D eigenvalue weighted by molar-refractivity contribution is 6.90. The normalized spacial score (nSPS) is 14.4. The molecule has 0 aliphatic carbocycles. The van der Waals surface area contributed by atoms with E-state index in [-0.39, 0.29) is 13.0 Å². The summed E-state index contributed by atoms with van der Waals surface area (Å²) < 4.78 is 31.1. The molecule has 12 heteroatoms. The molecule has 0 spiro atoms. The second kappa shape index (κ2) is 10.6. The number of rotatable bonds is 14. The van der Waals surface area contributed by atoms with E-state index in [1.54, 1.807) is 0 Å². The molecule has 0 aromatic heterocycles. The third-order valence-electron chi connectivity index (χ3n) is 3.36. The van der Waals surface area contributed by atoms with Crippen molar-refractivity contribution < 1.29 is 31.1 Å². The van der Waals surface area contributed by atoms with Gasteiger partial charge in [0.1, 0.15) is 0 Å². The maximum absolute atomic E-state index is 10.4. The minimum Gasteiger partial charge on any atom is -0.437 e. The first kappa shape index (κ1) is 28.4. The van der Waals surface area contributed by atoms with E-state index in [4.69, 9.17) is 21.2 Å². The van der Waals surface area contributed by atoms with Crippen molar-refractivity contribution in [3.63, 3.8) is 0 Å². The second-order valence-corrected chi connectivity index (χ2v) is 29.9. The van der Waals surface area contributed by atoms with Crippen LogP contribution in [0.1, 0.15) is 6.42 Å². The zero-order chi connectivity index (χ0) is 22.4. The van der Waals surface area contributed by atoms with Gasteiger partial charge in [-0.25, -0.2) is 9.90 Å². The van der Waals surface area contributed by atoms with E-state index in [1.165, 1.54) is 0 Å². The predicted octanol–water partition coefficient (Wildman–Crippen LogP) is 4.56. The lowest BCUT2D eigenvalue weighted by Crippen LogP contribution is -2.58. The largest absolute Gasteiger partial charge is 0.437 e. The first-order chi connectivity index (χ1) is 12.2. The maximum Gasteiger partial charge on any atom is 0.357 e. The minimum atomic E-state index is -2.42. The first-order valence-electron chi connectivity index (χ1n) is 9.83.